The van der Waals surface area contributed by atoms with E-state index >= 15 is 0 Å². The van der Waals surface area contributed by atoms with Crippen LogP contribution in [0.25, 0.3) is 0 Å². The van der Waals surface area contributed by atoms with Crippen LogP contribution in [0.15, 0.2) is 81.2 Å². The van der Waals surface area contributed by atoms with Crippen molar-refractivity contribution in [3.63, 3.8) is 0 Å². The summed E-state index contributed by atoms with van der Waals surface area (Å²) in [6, 6.07) is 17.5. The number of hydrogen-bond donors (Lipinski definition) is 2. The molecule has 0 atom stereocenters. The summed E-state index contributed by atoms with van der Waals surface area (Å²) >= 11 is 3.27. The van der Waals surface area contributed by atoms with Gasteiger partial charge in [0.05, 0.1) is 25.3 Å². The van der Waals surface area contributed by atoms with Crippen molar-refractivity contribution in [3.8, 4) is 11.5 Å². The van der Waals surface area contributed by atoms with Gasteiger partial charge >= 0.3 is 0 Å². The van der Waals surface area contributed by atoms with Crippen LogP contribution < -0.4 is 19.6 Å². The van der Waals surface area contributed by atoms with E-state index in [-0.39, 0.29) is 4.90 Å². The number of carbonyl (C=O) groups is 1. The van der Waals surface area contributed by atoms with Crippen LogP contribution in [0.2, 0.25) is 0 Å². The van der Waals surface area contributed by atoms with Gasteiger partial charge in [-0.3, -0.25) is 9.52 Å². The maximum Gasteiger partial charge on any atom is 0.271 e. The van der Waals surface area contributed by atoms with Crippen LogP contribution >= 0.6 is 15.9 Å². The normalized spacial score (nSPS) is 11.2. The highest BCUT2D eigenvalue weighted by Crippen LogP contribution is 2.26. The number of nitrogens with one attached hydrogen (secondary N) is 2. The van der Waals surface area contributed by atoms with Gasteiger partial charge in [0, 0.05) is 15.7 Å². The van der Waals surface area contributed by atoms with Gasteiger partial charge in [-0.1, -0.05) is 15.9 Å². The molecule has 0 saturated heterocycles. The molecule has 166 valence electrons. The predicted molar refractivity (Wildman–Crippen MR) is 126 cm³/mol. The molecule has 2 N–H and O–H groups in total. The van der Waals surface area contributed by atoms with Gasteiger partial charge in [-0.15, -0.1) is 0 Å². The van der Waals surface area contributed by atoms with E-state index in [1.807, 2.05) is 0 Å². The monoisotopic (exact) mass is 517 g/mol. The highest BCUT2D eigenvalue weighted by molar-refractivity contribution is 9.10. The Morgan fingerprint density at radius 3 is 2.22 bits per heavy atom. The molecule has 0 aliphatic heterocycles. The number of benzene rings is 3. The zero-order chi connectivity index (χ0) is 23.1. The first-order chi connectivity index (χ1) is 15.3. The van der Waals surface area contributed by atoms with Gasteiger partial charge in [0.2, 0.25) is 0 Å². The van der Waals surface area contributed by atoms with Crippen molar-refractivity contribution < 1.29 is 22.7 Å². The standard InChI is InChI=1S/C22H20BrN3O5S/c1-30-20-12-3-15(13-21(20)31-2)14-24-25-22(27)16-4-8-18(9-5-16)26-32(28,29)19-10-6-17(23)7-11-19/h3-14,26H,1-2H3,(H,25,27). The third-order valence-corrected chi connectivity index (χ3v) is 6.24. The lowest BCUT2D eigenvalue weighted by Crippen LogP contribution is -2.18. The highest BCUT2D eigenvalue weighted by Gasteiger charge is 2.14. The minimum atomic E-state index is -3.73. The summed E-state index contributed by atoms with van der Waals surface area (Å²) in [6.45, 7) is 0. The smallest absolute Gasteiger partial charge is 0.271 e. The molecule has 0 spiro atoms. The third-order valence-electron chi connectivity index (χ3n) is 4.31. The van der Waals surface area contributed by atoms with Crippen molar-refractivity contribution in [2.24, 2.45) is 5.10 Å². The van der Waals surface area contributed by atoms with Crippen LogP contribution in [0, 0.1) is 0 Å². The van der Waals surface area contributed by atoms with Gasteiger partial charge in [0.25, 0.3) is 15.9 Å². The molecule has 0 bridgehead atoms. The number of rotatable bonds is 8. The van der Waals surface area contributed by atoms with Gasteiger partial charge in [0.1, 0.15) is 0 Å². The van der Waals surface area contributed by atoms with Crippen molar-refractivity contribution in [2.45, 2.75) is 4.90 Å². The molecule has 0 aliphatic carbocycles. The molecule has 0 aliphatic rings. The predicted octanol–water partition coefficient (Wildman–Crippen LogP) is 4.03. The molecule has 8 nitrogen and oxygen atoms in total. The van der Waals surface area contributed by atoms with Crippen LogP contribution in [0.1, 0.15) is 15.9 Å². The second-order valence-corrected chi connectivity index (χ2v) is 9.05. The average molecular weight is 518 g/mol. The zero-order valence-electron chi connectivity index (χ0n) is 17.2. The summed E-state index contributed by atoms with van der Waals surface area (Å²) in [5.74, 6) is 0.692. The van der Waals surface area contributed by atoms with Crippen LogP contribution in [-0.2, 0) is 10.0 Å². The Hall–Kier alpha value is -3.37. The Morgan fingerprint density at radius 1 is 0.938 bits per heavy atom. The van der Waals surface area contributed by atoms with E-state index in [4.69, 9.17) is 9.47 Å². The quantitative estimate of drug-likeness (QED) is 0.346. The van der Waals surface area contributed by atoms with Gasteiger partial charge < -0.3 is 9.47 Å². The lowest BCUT2D eigenvalue weighted by Gasteiger charge is -2.09. The number of ether oxygens (including phenoxy) is 2. The summed E-state index contributed by atoms with van der Waals surface area (Å²) in [5, 5.41) is 3.94. The topological polar surface area (TPSA) is 106 Å². The molecular weight excluding hydrogens is 498 g/mol. The van der Waals surface area contributed by atoms with Crippen LogP contribution in [0.3, 0.4) is 0 Å². The van der Waals surface area contributed by atoms with E-state index in [9.17, 15) is 13.2 Å². The fourth-order valence-corrected chi connectivity index (χ4v) is 4.00. The second-order valence-electron chi connectivity index (χ2n) is 6.45. The van der Waals surface area contributed by atoms with Gasteiger partial charge in [-0.05, 0) is 72.3 Å². The minimum absolute atomic E-state index is 0.131. The van der Waals surface area contributed by atoms with Gasteiger partial charge in [-0.25, -0.2) is 13.8 Å². The Balaban J connectivity index is 1.62. The molecule has 0 aromatic heterocycles. The van der Waals surface area contributed by atoms with E-state index in [1.54, 1.807) is 37.4 Å². The summed E-state index contributed by atoms with van der Waals surface area (Å²) < 4.78 is 38.6. The second kappa shape index (κ2) is 10.3. The Bertz CT molecular complexity index is 1230. The van der Waals surface area contributed by atoms with E-state index in [1.165, 1.54) is 49.7 Å². The lowest BCUT2D eigenvalue weighted by atomic mass is 10.2. The molecule has 0 saturated carbocycles. The van der Waals surface area contributed by atoms with Gasteiger partial charge in [0.15, 0.2) is 11.5 Å². The SMILES string of the molecule is COc1ccc(C=NNC(=O)c2ccc(NS(=O)(=O)c3ccc(Br)cc3)cc2)cc1OC. The minimum Gasteiger partial charge on any atom is -0.493 e. The first-order valence-corrected chi connectivity index (χ1v) is 11.5. The molecule has 3 rings (SSSR count). The summed E-state index contributed by atoms with van der Waals surface area (Å²) in [4.78, 5) is 12.4. The molecule has 1 amide bonds. The molecule has 3 aromatic rings. The molecule has 10 heteroatoms. The Morgan fingerprint density at radius 2 is 1.59 bits per heavy atom. The van der Waals surface area contributed by atoms with Crippen molar-refractivity contribution in [1.82, 2.24) is 5.43 Å². The number of hydrogen-bond acceptors (Lipinski definition) is 6. The number of halogens is 1. The van der Waals surface area contributed by atoms with Crippen LogP contribution in [0.5, 0.6) is 11.5 Å². The summed E-state index contributed by atoms with van der Waals surface area (Å²) in [7, 11) is -0.657. The number of sulfonamides is 1. The number of carbonyl (C=O) groups excluding carboxylic acids is 1. The van der Waals surface area contributed by atoms with Crippen molar-refractivity contribution in [2.75, 3.05) is 18.9 Å². The largest absolute Gasteiger partial charge is 0.493 e. The van der Waals surface area contributed by atoms with E-state index in [0.717, 1.165) is 4.47 Å². The Kier molecular flexibility index (Phi) is 7.49. The van der Waals surface area contributed by atoms with Crippen LogP contribution in [0.4, 0.5) is 5.69 Å². The molecule has 32 heavy (non-hydrogen) atoms. The molecule has 0 unspecified atom stereocenters. The number of nitrogens with zero attached hydrogens (tertiary/aromatic N) is 1. The molecule has 0 fully saturated rings. The average Bonchev–Trinajstić information content (AvgIpc) is 2.79. The van der Waals surface area contributed by atoms with Crippen molar-refractivity contribution >= 4 is 43.8 Å². The number of hydrazone groups is 1. The first-order valence-electron chi connectivity index (χ1n) is 9.26. The van der Waals surface area contributed by atoms with Crippen LogP contribution in [-0.4, -0.2) is 34.8 Å². The van der Waals surface area contributed by atoms with Gasteiger partial charge in [-0.2, -0.15) is 5.10 Å². The summed E-state index contributed by atoms with van der Waals surface area (Å²) in [5.41, 5.74) is 3.79. The van der Waals surface area contributed by atoms with Crippen molar-refractivity contribution in [3.05, 3.63) is 82.3 Å². The molecule has 0 radical (unpaired) electrons. The lowest BCUT2D eigenvalue weighted by molar-refractivity contribution is 0.0955. The third kappa shape index (κ3) is 5.86. The molecule has 0 heterocycles. The first kappa shape index (κ1) is 23.3. The number of methoxy groups -OCH3 is 2. The number of amides is 1. The molecular formula is C22H20BrN3O5S. The fourth-order valence-electron chi connectivity index (χ4n) is 2.68. The Labute approximate surface area is 194 Å². The van der Waals surface area contributed by atoms with E-state index in [2.05, 4.69) is 31.2 Å². The highest BCUT2D eigenvalue weighted by atomic mass is 79.9. The zero-order valence-corrected chi connectivity index (χ0v) is 19.6. The molecule has 3 aromatic carbocycles. The summed E-state index contributed by atoms with van der Waals surface area (Å²) in [6.07, 6.45) is 1.47. The van der Waals surface area contributed by atoms with E-state index in [0.29, 0.717) is 28.3 Å². The fraction of sp³-hybridized carbons (Fsp3) is 0.0909. The van der Waals surface area contributed by atoms with E-state index < -0.39 is 15.9 Å². The maximum absolute atomic E-state index is 12.5. The van der Waals surface area contributed by atoms with Crippen molar-refractivity contribution in [1.29, 1.82) is 0 Å². The number of anilines is 1. The maximum atomic E-state index is 12.5.